The second kappa shape index (κ2) is 3.51. The second-order valence-corrected chi connectivity index (χ2v) is 4.58. The third-order valence-electron chi connectivity index (χ3n) is 3.63. The van der Waals surface area contributed by atoms with Gasteiger partial charge in [-0.15, -0.1) is 0 Å². The number of fused-ring (bicyclic) bond motifs is 2. The first-order valence-corrected chi connectivity index (χ1v) is 5.35. The monoisotopic (exact) mass is 198 g/mol. The fourth-order valence-corrected chi connectivity index (χ4v) is 3.02. The van der Waals surface area contributed by atoms with Gasteiger partial charge in [-0.25, -0.2) is 0 Å². The van der Waals surface area contributed by atoms with Gasteiger partial charge in [-0.3, -0.25) is 9.69 Å². The minimum absolute atomic E-state index is 0.282. The van der Waals surface area contributed by atoms with Crippen LogP contribution in [0.15, 0.2) is 0 Å². The standard InChI is InChI=1S/C10H18N2O2/c1-6(10(13)14)12-8-2-3-9(12)5-7(11)4-8/h6-9H,2-5,11H2,1H3,(H,13,14). The molecule has 0 aromatic rings. The molecule has 80 valence electrons. The van der Waals surface area contributed by atoms with Gasteiger partial charge >= 0.3 is 5.97 Å². The van der Waals surface area contributed by atoms with E-state index in [1.807, 2.05) is 0 Å². The van der Waals surface area contributed by atoms with Crippen LogP contribution >= 0.6 is 0 Å². The summed E-state index contributed by atoms with van der Waals surface area (Å²) in [5, 5.41) is 8.99. The molecule has 2 aliphatic heterocycles. The maximum Gasteiger partial charge on any atom is 0.320 e. The van der Waals surface area contributed by atoms with Crippen molar-refractivity contribution >= 4 is 5.97 Å². The lowest BCUT2D eigenvalue weighted by atomic mass is 9.96. The molecule has 0 amide bonds. The Balaban J connectivity index is 2.11. The van der Waals surface area contributed by atoms with Crippen molar-refractivity contribution in [1.29, 1.82) is 0 Å². The highest BCUT2D eigenvalue weighted by molar-refractivity contribution is 5.73. The molecule has 3 unspecified atom stereocenters. The predicted octanol–water partition coefficient (Wildman–Crippen LogP) is 0.414. The van der Waals surface area contributed by atoms with E-state index in [1.165, 1.54) is 0 Å². The molecular weight excluding hydrogens is 180 g/mol. The van der Waals surface area contributed by atoms with Gasteiger partial charge in [0.25, 0.3) is 0 Å². The molecule has 2 fully saturated rings. The van der Waals surface area contributed by atoms with E-state index in [2.05, 4.69) is 4.90 Å². The van der Waals surface area contributed by atoms with Gasteiger partial charge in [0.2, 0.25) is 0 Å². The number of hydrogen-bond donors (Lipinski definition) is 2. The molecule has 2 rings (SSSR count). The van der Waals surface area contributed by atoms with E-state index in [4.69, 9.17) is 10.8 Å². The number of aliphatic carboxylic acids is 1. The molecular formula is C10H18N2O2. The number of hydrogen-bond acceptors (Lipinski definition) is 3. The molecule has 4 nitrogen and oxygen atoms in total. The largest absolute Gasteiger partial charge is 0.480 e. The van der Waals surface area contributed by atoms with Crippen LogP contribution in [0.2, 0.25) is 0 Å². The zero-order valence-electron chi connectivity index (χ0n) is 8.52. The average molecular weight is 198 g/mol. The zero-order valence-corrected chi connectivity index (χ0v) is 8.52. The van der Waals surface area contributed by atoms with Crippen molar-refractivity contribution in [2.24, 2.45) is 5.73 Å². The number of carboxylic acids is 1. The Kier molecular flexibility index (Phi) is 2.49. The lowest BCUT2D eigenvalue weighted by molar-refractivity contribution is -0.144. The molecule has 0 spiro atoms. The zero-order chi connectivity index (χ0) is 10.3. The summed E-state index contributed by atoms with van der Waals surface area (Å²) in [7, 11) is 0. The molecule has 2 saturated heterocycles. The summed E-state index contributed by atoms with van der Waals surface area (Å²) >= 11 is 0. The first-order valence-electron chi connectivity index (χ1n) is 5.35. The van der Waals surface area contributed by atoms with Crippen LogP contribution in [0.3, 0.4) is 0 Å². The number of piperidine rings is 1. The van der Waals surface area contributed by atoms with Crippen LogP contribution in [0.5, 0.6) is 0 Å². The first kappa shape index (κ1) is 9.93. The fourth-order valence-electron chi connectivity index (χ4n) is 3.02. The van der Waals surface area contributed by atoms with E-state index in [1.54, 1.807) is 6.92 Å². The molecule has 2 aliphatic rings. The van der Waals surface area contributed by atoms with Crippen LogP contribution in [0.4, 0.5) is 0 Å². The molecule has 0 saturated carbocycles. The van der Waals surface area contributed by atoms with Crippen LogP contribution < -0.4 is 5.73 Å². The van der Waals surface area contributed by atoms with Crippen LogP contribution in [-0.2, 0) is 4.79 Å². The predicted molar refractivity (Wildman–Crippen MR) is 53.0 cm³/mol. The summed E-state index contributed by atoms with van der Waals surface area (Å²) in [6.07, 6.45) is 4.17. The van der Waals surface area contributed by atoms with Crippen LogP contribution in [0, 0.1) is 0 Å². The molecule has 4 heteroatoms. The first-order chi connectivity index (χ1) is 6.59. The van der Waals surface area contributed by atoms with E-state index >= 15 is 0 Å². The summed E-state index contributed by atoms with van der Waals surface area (Å²) in [6.45, 7) is 1.78. The average Bonchev–Trinajstić information content (AvgIpc) is 2.37. The minimum atomic E-state index is -0.711. The molecule has 2 heterocycles. The highest BCUT2D eigenvalue weighted by Crippen LogP contribution is 2.36. The number of carboxylic acid groups (broad SMARTS) is 1. The second-order valence-electron chi connectivity index (χ2n) is 4.58. The summed E-state index contributed by atoms with van der Waals surface area (Å²) in [5.41, 5.74) is 5.92. The fraction of sp³-hybridized carbons (Fsp3) is 0.900. The molecule has 0 aromatic heterocycles. The van der Waals surface area contributed by atoms with Crippen molar-refractivity contribution in [2.45, 2.75) is 56.8 Å². The molecule has 0 aliphatic carbocycles. The van der Waals surface area contributed by atoms with Gasteiger partial charge in [0.05, 0.1) is 0 Å². The smallest absolute Gasteiger partial charge is 0.320 e. The lowest BCUT2D eigenvalue weighted by Gasteiger charge is -2.39. The number of nitrogens with two attached hydrogens (primary N) is 1. The van der Waals surface area contributed by atoms with E-state index in [0.29, 0.717) is 12.1 Å². The Morgan fingerprint density at radius 2 is 1.93 bits per heavy atom. The summed E-state index contributed by atoms with van der Waals surface area (Å²) in [6, 6.07) is 0.759. The van der Waals surface area contributed by atoms with E-state index in [9.17, 15) is 4.79 Å². The molecule has 3 atom stereocenters. The third-order valence-corrected chi connectivity index (χ3v) is 3.63. The van der Waals surface area contributed by atoms with Crippen LogP contribution in [-0.4, -0.2) is 40.1 Å². The van der Waals surface area contributed by atoms with Crippen molar-refractivity contribution in [3.05, 3.63) is 0 Å². The normalized spacial score (nSPS) is 39.7. The number of carbonyl (C=O) groups is 1. The Labute approximate surface area is 84.1 Å². The molecule has 0 aromatic carbocycles. The molecule has 2 bridgehead atoms. The van der Waals surface area contributed by atoms with Crippen molar-refractivity contribution in [3.63, 3.8) is 0 Å². The minimum Gasteiger partial charge on any atom is -0.480 e. The number of rotatable bonds is 2. The maximum absolute atomic E-state index is 10.9. The molecule has 14 heavy (non-hydrogen) atoms. The summed E-state index contributed by atoms with van der Waals surface area (Å²) in [5.74, 6) is -0.711. The summed E-state index contributed by atoms with van der Waals surface area (Å²) < 4.78 is 0. The van der Waals surface area contributed by atoms with E-state index in [0.717, 1.165) is 25.7 Å². The highest BCUT2D eigenvalue weighted by Gasteiger charge is 2.43. The summed E-state index contributed by atoms with van der Waals surface area (Å²) in [4.78, 5) is 13.1. The van der Waals surface area contributed by atoms with Gasteiger partial charge in [0.1, 0.15) is 6.04 Å². The maximum atomic E-state index is 10.9. The van der Waals surface area contributed by atoms with E-state index in [-0.39, 0.29) is 12.1 Å². The van der Waals surface area contributed by atoms with Crippen molar-refractivity contribution in [2.75, 3.05) is 0 Å². The molecule has 3 N–H and O–H groups in total. The molecule has 0 radical (unpaired) electrons. The van der Waals surface area contributed by atoms with Gasteiger partial charge in [-0.05, 0) is 32.6 Å². The Morgan fingerprint density at radius 1 is 1.43 bits per heavy atom. The van der Waals surface area contributed by atoms with E-state index < -0.39 is 5.97 Å². The van der Waals surface area contributed by atoms with Crippen molar-refractivity contribution < 1.29 is 9.90 Å². The van der Waals surface area contributed by atoms with Crippen molar-refractivity contribution in [1.82, 2.24) is 4.90 Å². The van der Waals surface area contributed by atoms with Crippen LogP contribution in [0.25, 0.3) is 0 Å². The highest BCUT2D eigenvalue weighted by atomic mass is 16.4. The lowest BCUT2D eigenvalue weighted by Crippen LogP contribution is -2.53. The van der Waals surface area contributed by atoms with Crippen LogP contribution in [0.1, 0.15) is 32.6 Å². The van der Waals surface area contributed by atoms with Gasteiger partial charge in [0.15, 0.2) is 0 Å². The van der Waals surface area contributed by atoms with Crippen molar-refractivity contribution in [3.8, 4) is 0 Å². The van der Waals surface area contributed by atoms with Gasteiger partial charge in [0, 0.05) is 18.1 Å². The van der Waals surface area contributed by atoms with Gasteiger partial charge in [-0.2, -0.15) is 0 Å². The number of nitrogens with zero attached hydrogens (tertiary/aromatic N) is 1. The Bertz CT molecular complexity index is 230. The SMILES string of the molecule is CC(C(=O)O)N1C2CCC1CC(N)C2. The topological polar surface area (TPSA) is 66.6 Å². The van der Waals surface area contributed by atoms with Gasteiger partial charge < -0.3 is 10.8 Å². The van der Waals surface area contributed by atoms with Gasteiger partial charge in [-0.1, -0.05) is 0 Å². The Morgan fingerprint density at radius 3 is 2.36 bits per heavy atom. The Hall–Kier alpha value is -0.610. The quantitative estimate of drug-likeness (QED) is 0.674. The third kappa shape index (κ3) is 1.53.